The fourth-order valence-electron chi connectivity index (χ4n) is 3.34. The maximum absolute atomic E-state index is 5.64. The summed E-state index contributed by atoms with van der Waals surface area (Å²) in [4.78, 5) is 11.3. The van der Waals surface area contributed by atoms with Gasteiger partial charge in [0.05, 0.1) is 12.7 Å². The van der Waals surface area contributed by atoms with Gasteiger partial charge in [-0.3, -0.25) is 9.88 Å². The molecule has 1 saturated heterocycles. The molecule has 1 saturated carbocycles. The summed E-state index contributed by atoms with van der Waals surface area (Å²) in [6, 6.07) is 5.77. The summed E-state index contributed by atoms with van der Waals surface area (Å²) in [5.74, 6) is 1.68. The van der Waals surface area contributed by atoms with Crippen molar-refractivity contribution in [3.05, 3.63) is 24.5 Å². The molecule has 140 valence electrons. The fraction of sp³-hybridized carbons (Fsp3) is 0.667. The molecule has 0 aromatic carbocycles. The Morgan fingerprint density at radius 3 is 2.96 bits per heavy atom. The van der Waals surface area contributed by atoms with Crippen LogP contribution in [0.4, 0.5) is 0 Å². The topological polar surface area (TPSA) is 61.8 Å². The molecule has 1 aromatic rings. The first kappa shape index (κ1) is 20.2. The third kappa shape index (κ3) is 6.29. The molecule has 2 N–H and O–H groups in total. The molecule has 0 bridgehead atoms. The number of ether oxygens (including phenoxy) is 1. The predicted molar refractivity (Wildman–Crippen MR) is 112 cm³/mol. The standard InChI is InChI=1S/C18H29N5O.HI/c1-3-20-18(21-9-10-24-17-5-4-8-19-12-17)22-15-11-14(2)23(13-15)16-6-7-16;/h4-5,8,12,14-16H,3,6-7,9-11,13H2,1-2H3,(H2,20,21,22);1H. The van der Waals surface area contributed by atoms with Crippen molar-refractivity contribution >= 4 is 29.9 Å². The third-order valence-corrected chi connectivity index (χ3v) is 4.59. The molecule has 2 fully saturated rings. The van der Waals surface area contributed by atoms with Crippen molar-refractivity contribution in [1.82, 2.24) is 20.5 Å². The number of hydrogen-bond acceptors (Lipinski definition) is 4. The average molecular weight is 459 g/mol. The van der Waals surface area contributed by atoms with Crippen molar-refractivity contribution in [2.45, 2.75) is 51.2 Å². The molecule has 6 nitrogen and oxygen atoms in total. The highest BCUT2D eigenvalue weighted by atomic mass is 127. The van der Waals surface area contributed by atoms with Crippen molar-refractivity contribution in [1.29, 1.82) is 0 Å². The van der Waals surface area contributed by atoms with E-state index < -0.39 is 0 Å². The Morgan fingerprint density at radius 2 is 2.28 bits per heavy atom. The molecule has 2 unspecified atom stereocenters. The number of halogens is 1. The number of aromatic nitrogens is 1. The molecule has 1 aromatic heterocycles. The van der Waals surface area contributed by atoms with E-state index in [4.69, 9.17) is 4.74 Å². The predicted octanol–water partition coefficient (Wildman–Crippen LogP) is 2.26. The molecule has 25 heavy (non-hydrogen) atoms. The monoisotopic (exact) mass is 459 g/mol. The Hall–Kier alpha value is -1.09. The fourth-order valence-corrected chi connectivity index (χ4v) is 3.34. The molecular formula is C18H30IN5O. The smallest absolute Gasteiger partial charge is 0.191 e. The number of guanidine groups is 1. The van der Waals surface area contributed by atoms with Crippen molar-refractivity contribution in [2.75, 3.05) is 26.2 Å². The van der Waals surface area contributed by atoms with Crippen LogP contribution in [0.2, 0.25) is 0 Å². The second-order valence-corrected chi connectivity index (χ2v) is 6.65. The maximum atomic E-state index is 5.64. The number of nitrogens with one attached hydrogen (secondary N) is 2. The Labute approximate surface area is 167 Å². The van der Waals surface area contributed by atoms with Gasteiger partial charge in [-0.25, -0.2) is 4.99 Å². The second kappa shape index (κ2) is 10.2. The Bertz CT molecular complexity index is 538. The number of hydrogen-bond donors (Lipinski definition) is 2. The summed E-state index contributed by atoms with van der Waals surface area (Å²) in [5.41, 5.74) is 0. The highest BCUT2D eigenvalue weighted by molar-refractivity contribution is 14.0. The van der Waals surface area contributed by atoms with E-state index in [9.17, 15) is 0 Å². The van der Waals surface area contributed by atoms with E-state index in [1.165, 1.54) is 19.3 Å². The van der Waals surface area contributed by atoms with E-state index in [0.29, 0.717) is 25.2 Å². The molecule has 0 spiro atoms. The lowest BCUT2D eigenvalue weighted by molar-refractivity contribution is 0.256. The SMILES string of the molecule is CCNC(=NCCOc1cccnc1)NC1CC(C)N(C2CC2)C1.I. The molecule has 7 heteroatoms. The van der Waals surface area contributed by atoms with Crippen molar-refractivity contribution < 1.29 is 4.74 Å². The summed E-state index contributed by atoms with van der Waals surface area (Å²) in [6.45, 7) is 7.60. The molecular weight excluding hydrogens is 429 g/mol. The molecule has 2 aliphatic rings. The summed E-state index contributed by atoms with van der Waals surface area (Å²) in [7, 11) is 0. The lowest BCUT2D eigenvalue weighted by Gasteiger charge is -2.20. The minimum Gasteiger partial charge on any atom is -0.490 e. The summed E-state index contributed by atoms with van der Waals surface area (Å²) >= 11 is 0. The normalized spacial score (nSPS) is 23.8. The second-order valence-electron chi connectivity index (χ2n) is 6.65. The third-order valence-electron chi connectivity index (χ3n) is 4.59. The van der Waals surface area contributed by atoms with Crippen LogP contribution in [-0.2, 0) is 0 Å². The van der Waals surface area contributed by atoms with Gasteiger partial charge in [0.25, 0.3) is 0 Å². The average Bonchev–Trinajstić information content (AvgIpc) is 3.36. The van der Waals surface area contributed by atoms with Crippen LogP contribution in [0.5, 0.6) is 5.75 Å². The van der Waals surface area contributed by atoms with Crippen LogP contribution in [0.15, 0.2) is 29.5 Å². The summed E-state index contributed by atoms with van der Waals surface area (Å²) in [6.07, 6.45) is 7.40. The van der Waals surface area contributed by atoms with E-state index >= 15 is 0 Å². The van der Waals surface area contributed by atoms with Crippen LogP contribution >= 0.6 is 24.0 Å². The molecule has 1 aliphatic heterocycles. The van der Waals surface area contributed by atoms with Crippen molar-refractivity contribution in [3.63, 3.8) is 0 Å². The van der Waals surface area contributed by atoms with Gasteiger partial charge in [-0.1, -0.05) is 0 Å². The largest absolute Gasteiger partial charge is 0.490 e. The zero-order valence-electron chi connectivity index (χ0n) is 15.1. The first-order valence-corrected chi connectivity index (χ1v) is 9.09. The number of likely N-dealkylation sites (tertiary alicyclic amines) is 1. The number of aliphatic imine (C=N–C) groups is 1. The minimum absolute atomic E-state index is 0. The van der Waals surface area contributed by atoms with Crippen molar-refractivity contribution in [2.24, 2.45) is 4.99 Å². The van der Waals surface area contributed by atoms with Gasteiger partial charge in [0, 0.05) is 37.4 Å². The van der Waals surface area contributed by atoms with Gasteiger partial charge < -0.3 is 15.4 Å². The first-order valence-electron chi connectivity index (χ1n) is 9.09. The number of pyridine rings is 1. The Balaban J connectivity index is 0.00000225. The molecule has 2 atom stereocenters. The quantitative estimate of drug-likeness (QED) is 0.284. The van der Waals surface area contributed by atoms with Crippen LogP contribution in [0.25, 0.3) is 0 Å². The van der Waals surface area contributed by atoms with E-state index in [1.807, 2.05) is 12.1 Å². The van der Waals surface area contributed by atoms with E-state index in [2.05, 4.69) is 39.4 Å². The van der Waals surface area contributed by atoms with Gasteiger partial charge in [-0.2, -0.15) is 0 Å². The van der Waals surface area contributed by atoms with E-state index in [-0.39, 0.29) is 24.0 Å². The van der Waals surface area contributed by atoms with Crippen LogP contribution in [0.1, 0.15) is 33.1 Å². The first-order chi connectivity index (χ1) is 11.8. The van der Waals surface area contributed by atoms with Crippen molar-refractivity contribution in [3.8, 4) is 5.75 Å². The highest BCUT2D eigenvalue weighted by Gasteiger charge is 2.38. The zero-order valence-corrected chi connectivity index (χ0v) is 17.5. The van der Waals surface area contributed by atoms with Crippen LogP contribution < -0.4 is 15.4 Å². The van der Waals surface area contributed by atoms with E-state index in [0.717, 1.165) is 30.8 Å². The zero-order chi connectivity index (χ0) is 16.8. The van der Waals surface area contributed by atoms with Gasteiger partial charge in [0.1, 0.15) is 12.4 Å². The summed E-state index contributed by atoms with van der Waals surface area (Å²) < 4.78 is 5.64. The lowest BCUT2D eigenvalue weighted by Crippen LogP contribution is -2.45. The molecule has 0 amide bonds. The Morgan fingerprint density at radius 1 is 1.44 bits per heavy atom. The van der Waals surface area contributed by atoms with Crippen LogP contribution in [-0.4, -0.2) is 60.2 Å². The minimum atomic E-state index is 0. The number of rotatable bonds is 7. The molecule has 1 aliphatic carbocycles. The van der Waals surface area contributed by atoms with Crippen LogP contribution in [0.3, 0.4) is 0 Å². The van der Waals surface area contributed by atoms with Gasteiger partial charge >= 0.3 is 0 Å². The van der Waals surface area contributed by atoms with Gasteiger partial charge in [0.2, 0.25) is 0 Å². The van der Waals surface area contributed by atoms with Crippen LogP contribution in [0, 0.1) is 0 Å². The number of nitrogens with zero attached hydrogens (tertiary/aromatic N) is 3. The highest BCUT2D eigenvalue weighted by Crippen LogP contribution is 2.33. The van der Waals surface area contributed by atoms with Gasteiger partial charge in [-0.15, -0.1) is 24.0 Å². The van der Waals surface area contributed by atoms with Gasteiger partial charge in [0.15, 0.2) is 5.96 Å². The summed E-state index contributed by atoms with van der Waals surface area (Å²) in [5, 5.41) is 6.92. The maximum Gasteiger partial charge on any atom is 0.191 e. The molecule has 2 heterocycles. The molecule has 3 rings (SSSR count). The Kier molecular flexibility index (Phi) is 8.21. The molecule has 0 radical (unpaired) electrons. The lowest BCUT2D eigenvalue weighted by atomic mass is 10.2. The van der Waals surface area contributed by atoms with E-state index in [1.54, 1.807) is 12.4 Å². The van der Waals surface area contributed by atoms with Gasteiger partial charge in [-0.05, 0) is 45.2 Å².